The number of carbonyl (C=O) groups excluding carboxylic acids is 1. The molecule has 1 heterocycles. The van der Waals surface area contributed by atoms with Crippen LogP contribution in [0.2, 0.25) is 0 Å². The number of hydrogen-bond acceptors (Lipinski definition) is 6. The summed E-state index contributed by atoms with van der Waals surface area (Å²) in [5.74, 6) is 1.71. The largest absolute Gasteiger partial charge is 0.493 e. The second-order valence-electron chi connectivity index (χ2n) is 6.48. The lowest BCUT2D eigenvalue weighted by molar-refractivity contribution is 0.102. The van der Waals surface area contributed by atoms with Gasteiger partial charge in [-0.3, -0.25) is 4.79 Å². The number of anilines is 2. The van der Waals surface area contributed by atoms with Crippen molar-refractivity contribution in [1.29, 1.82) is 0 Å². The molecule has 3 rings (SSSR count). The van der Waals surface area contributed by atoms with Gasteiger partial charge in [-0.1, -0.05) is 18.2 Å². The van der Waals surface area contributed by atoms with Crippen molar-refractivity contribution < 1.29 is 14.3 Å². The fourth-order valence-corrected chi connectivity index (χ4v) is 2.87. The van der Waals surface area contributed by atoms with Crippen LogP contribution in [0.3, 0.4) is 0 Å². The Morgan fingerprint density at radius 1 is 1.00 bits per heavy atom. The quantitative estimate of drug-likeness (QED) is 0.608. The van der Waals surface area contributed by atoms with E-state index >= 15 is 0 Å². The van der Waals surface area contributed by atoms with Gasteiger partial charge in [0.2, 0.25) is 0 Å². The fourth-order valence-electron chi connectivity index (χ4n) is 2.87. The summed E-state index contributed by atoms with van der Waals surface area (Å²) in [5, 5.41) is 6.07. The third kappa shape index (κ3) is 5.44. The Bertz CT molecular complexity index is 991. The van der Waals surface area contributed by atoms with E-state index in [-0.39, 0.29) is 5.91 Å². The van der Waals surface area contributed by atoms with E-state index < -0.39 is 0 Å². The van der Waals surface area contributed by atoms with Crippen LogP contribution >= 0.6 is 0 Å². The predicted octanol–water partition coefficient (Wildman–Crippen LogP) is 3.71. The third-order valence-electron chi connectivity index (χ3n) is 4.34. The smallest absolute Gasteiger partial charge is 0.274 e. The van der Waals surface area contributed by atoms with Gasteiger partial charge >= 0.3 is 0 Å². The second-order valence-corrected chi connectivity index (χ2v) is 6.48. The number of ether oxygens (including phenoxy) is 2. The maximum absolute atomic E-state index is 12.4. The van der Waals surface area contributed by atoms with Gasteiger partial charge < -0.3 is 20.1 Å². The van der Waals surface area contributed by atoms with E-state index in [9.17, 15) is 4.79 Å². The van der Waals surface area contributed by atoms with Crippen molar-refractivity contribution in [1.82, 2.24) is 9.97 Å². The number of methoxy groups -OCH3 is 2. The van der Waals surface area contributed by atoms with Crippen LogP contribution in [0.25, 0.3) is 0 Å². The van der Waals surface area contributed by atoms with Gasteiger partial charge in [0, 0.05) is 18.3 Å². The number of nitrogens with one attached hydrogen (secondary N) is 2. The number of aryl methyl sites for hydroxylation is 1. The Labute approximate surface area is 170 Å². The Hall–Kier alpha value is -3.61. The molecule has 1 amide bonds. The van der Waals surface area contributed by atoms with Crippen LogP contribution in [-0.2, 0) is 6.42 Å². The molecular weight excluding hydrogens is 368 g/mol. The zero-order valence-corrected chi connectivity index (χ0v) is 16.7. The Kier molecular flexibility index (Phi) is 6.63. The van der Waals surface area contributed by atoms with Gasteiger partial charge in [-0.15, -0.1) is 0 Å². The Morgan fingerprint density at radius 2 is 1.83 bits per heavy atom. The molecule has 0 saturated carbocycles. The molecule has 0 bridgehead atoms. The van der Waals surface area contributed by atoms with Crippen LogP contribution in [0.5, 0.6) is 11.5 Å². The number of aromatic nitrogens is 2. The number of amides is 1. The summed E-state index contributed by atoms with van der Waals surface area (Å²) >= 11 is 0. The van der Waals surface area contributed by atoms with Gasteiger partial charge in [-0.2, -0.15) is 0 Å². The average molecular weight is 392 g/mol. The summed E-state index contributed by atoms with van der Waals surface area (Å²) in [7, 11) is 3.23. The lowest BCUT2D eigenvalue weighted by atomic mass is 10.1. The molecular formula is C22H24N4O3. The van der Waals surface area contributed by atoms with E-state index in [2.05, 4.69) is 20.6 Å². The van der Waals surface area contributed by atoms with E-state index in [4.69, 9.17) is 9.47 Å². The number of benzene rings is 2. The molecule has 0 aliphatic rings. The zero-order chi connectivity index (χ0) is 20.6. The fraction of sp³-hybridized carbons (Fsp3) is 0.227. The SMILES string of the molecule is COc1ccc(CCNc2cc(C(=O)Nc3cccc(C)c3)ncn2)cc1OC. The third-order valence-corrected chi connectivity index (χ3v) is 4.34. The summed E-state index contributed by atoms with van der Waals surface area (Å²) in [6.45, 7) is 2.62. The van der Waals surface area contributed by atoms with E-state index in [1.165, 1.54) is 6.33 Å². The molecule has 1 aromatic heterocycles. The minimum Gasteiger partial charge on any atom is -0.493 e. The molecule has 0 unspecified atom stereocenters. The van der Waals surface area contributed by atoms with Crippen molar-refractivity contribution in [2.24, 2.45) is 0 Å². The molecule has 7 heteroatoms. The minimum absolute atomic E-state index is 0.277. The molecule has 0 saturated heterocycles. The van der Waals surface area contributed by atoms with Crippen LogP contribution in [0.1, 0.15) is 21.6 Å². The first-order valence-electron chi connectivity index (χ1n) is 9.24. The lowest BCUT2D eigenvalue weighted by Crippen LogP contribution is -2.15. The lowest BCUT2D eigenvalue weighted by Gasteiger charge is -2.10. The van der Waals surface area contributed by atoms with Crippen LogP contribution in [0, 0.1) is 6.92 Å². The van der Waals surface area contributed by atoms with E-state index in [1.54, 1.807) is 20.3 Å². The van der Waals surface area contributed by atoms with Gasteiger partial charge in [0.25, 0.3) is 5.91 Å². The highest BCUT2D eigenvalue weighted by molar-refractivity contribution is 6.03. The maximum atomic E-state index is 12.4. The molecule has 29 heavy (non-hydrogen) atoms. The van der Waals surface area contributed by atoms with Crippen molar-refractivity contribution in [2.45, 2.75) is 13.3 Å². The van der Waals surface area contributed by atoms with Gasteiger partial charge in [0.1, 0.15) is 17.8 Å². The Balaban J connectivity index is 1.59. The summed E-state index contributed by atoms with van der Waals surface area (Å²) in [4.78, 5) is 20.7. The second kappa shape index (κ2) is 9.54. The number of rotatable bonds is 8. The van der Waals surface area contributed by atoms with Gasteiger partial charge in [-0.25, -0.2) is 9.97 Å². The topological polar surface area (TPSA) is 85.4 Å². The molecule has 0 aliphatic carbocycles. The van der Waals surface area contributed by atoms with Crippen molar-refractivity contribution >= 4 is 17.4 Å². The molecule has 0 atom stereocenters. The monoisotopic (exact) mass is 392 g/mol. The number of nitrogens with zero attached hydrogens (tertiary/aromatic N) is 2. The van der Waals surface area contributed by atoms with Crippen LogP contribution in [0.4, 0.5) is 11.5 Å². The predicted molar refractivity (Wildman–Crippen MR) is 113 cm³/mol. The van der Waals surface area contributed by atoms with Gasteiger partial charge in [0.15, 0.2) is 11.5 Å². The molecule has 2 aromatic carbocycles. The average Bonchev–Trinajstić information content (AvgIpc) is 2.74. The molecule has 0 radical (unpaired) electrons. The standard InChI is InChI=1S/C22H24N4O3/c1-15-5-4-6-17(11-15)26-22(27)18-13-21(25-14-24-18)23-10-9-16-7-8-19(28-2)20(12-16)29-3/h4-8,11-14H,9-10H2,1-3H3,(H,26,27)(H,23,24,25). The molecule has 150 valence electrons. The molecule has 3 aromatic rings. The first-order valence-corrected chi connectivity index (χ1v) is 9.24. The molecule has 2 N–H and O–H groups in total. The van der Waals surface area contributed by atoms with E-state index in [1.807, 2.05) is 49.4 Å². The van der Waals surface area contributed by atoms with Gasteiger partial charge in [-0.05, 0) is 48.7 Å². The first-order chi connectivity index (χ1) is 14.1. The van der Waals surface area contributed by atoms with Gasteiger partial charge in [0.05, 0.1) is 14.2 Å². The first kappa shape index (κ1) is 20.1. The summed E-state index contributed by atoms with van der Waals surface area (Å²) < 4.78 is 10.6. The normalized spacial score (nSPS) is 10.3. The maximum Gasteiger partial charge on any atom is 0.274 e. The highest BCUT2D eigenvalue weighted by Gasteiger charge is 2.10. The van der Waals surface area contributed by atoms with Crippen LogP contribution in [-0.4, -0.2) is 36.6 Å². The molecule has 7 nitrogen and oxygen atoms in total. The number of carbonyl (C=O) groups is 1. The highest BCUT2D eigenvalue weighted by Crippen LogP contribution is 2.27. The van der Waals surface area contributed by atoms with Crippen molar-refractivity contribution in [3.63, 3.8) is 0 Å². The van der Waals surface area contributed by atoms with E-state index in [0.717, 1.165) is 23.2 Å². The Morgan fingerprint density at radius 3 is 2.59 bits per heavy atom. The summed E-state index contributed by atoms with van der Waals surface area (Å²) in [6, 6.07) is 15.1. The van der Waals surface area contributed by atoms with E-state index in [0.29, 0.717) is 29.6 Å². The molecule has 0 fully saturated rings. The molecule has 0 spiro atoms. The van der Waals surface area contributed by atoms with Crippen LogP contribution < -0.4 is 20.1 Å². The zero-order valence-electron chi connectivity index (χ0n) is 16.7. The number of hydrogen-bond donors (Lipinski definition) is 2. The molecule has 0 aliphatic heterocycles. The minimum atomic E-state index is -0.277. The van der Waals surface area contributed by atoms with Crippen LogP contribution in [0.15, 0.2) is 54.9 Å². The summed E-state index contributed by atoms with van der Waals surface area (Å²) in [5.41, 5.74) is 3.20. The summed E-state index contributed by atoms with van der Waals surface area (Å²) in [6.07, 6.45) is 2.14. The van der Waals surface area contributed by atoms with Crippen molar-refractivity contribution in [2.75, 3.05) is 31.4 Å². The van der Waals surface area contributed by atoms with Crippen molar-refractivity contribution in [3.8, 4) is 11.5 Å². The highest BCUT2D eigenvalue weighted by atomic mass is 16.5. The van der Waals surface area contributed by atoms with Crippen molar-refractivity contribution in [3.05, 3.63) is 71.7 Å².